The van der Waals surface area contributed by atoms with E-state index in [0.717, 1.165) is 5.57 Å². The molecule has 2 N–H and O–H groups in total. The number of Topliss-reactive ketones (excluding diaryl/α,β-unsaturated/α-hetero) is 3. The van der Waals surface area contributed by atoms with Gasteiger partial charge in [0.2, 0.25) is 5.79 Å². The highest BCUT2D eigenvalue weighted by Gasteiger charge is 2.53. The number of carbonyl (C=O) groups is 5. The number of allylic oxidation sites excluding steroid dienone is 6. The number of rotatable bonds is 10. The van der Waals surface area contributed by atoms with Gasteiger partial charge in [-0.15, -0.1) is 0 Å². The molecule has 6 rings (SSSR count). The highest BCUT2D eigenvalue weighted by Crippen LogP contribution is 2.49. The van der Waals surface area contributed by atoms with E-state index >= 15 is 0 Å². The monoisotopic (exact) mass is 1110 g/mol. The first-order valence-electron chi connectivity index (χ1n) is 28.5. The van der Waals surface area contributed by atoms with E-state index in [2.05, 4.69) is 0 Å². The van der Waals surface area contributed by atoms with E-state index in [1.54, 1.807) is 41.1 Å². The molecule has 1 saturated carbocycles. The van der Waals surface area contributed by atoms with Crippen LogP contribution in [0.2, 0.25) is 0 Å². The van der Waals surface area contributed by atoms with Crippen LogP contribution in [0.3, 0.4) is 0 Å². The summed E-state index contributed by atoms with van der Waals surface area (Å²) < 4.78 is 51.9. The summed E-state index contributed by atoms with van der Waals surface area (Å²) in [4.78, 5) is 73.1. The fourth-order valence-electron chi connectivity index (χ4n) is 11.9. The predicted octanol–water partition coefficient (Wildman–Crippen LogP) is 9.13. The minimum atomic E-state index is -3.55. The molecule has 15 atom stereocenters. The topological polar surface area (TPSA) is 201 Å². The Morgan fingerprint density at radius 2 is 1.44 bits per heavy atom. The number of ketones is 3. The van der Waals surface area contributed by atoms with Crippen LogP contribution in [-0.4, -0.2) is 127 Å². The van der Waals surface area contributed by atoms with Crippen LogP contribution in [0.15, 0.2) is 108 Å². The maximum Gasteiger partial charge on any atom is 0.329 e. The van der Waals surface area contributed by atoms with Crippen molar-refractivity contribution in [1.82, 2.24) is 4.90 Å². The molecule has 0 radical (unpaired) electrons. The van der Waals surface area contributed by atoms with Crippen LogP contribution in [-0.2, 0) is 56.7 Å². The van der Waals surface area contributed by atoms with Gasteiger partial charge in [-0.2, -0.15) is 0 Å². The summed E-state index contributed by atoms with van der Waals surface area (Å²) in [5.41, 5.74) is 1.24. The Balaban J connectivity index is 1.29. The number of hydrogen-bond acceptors (Lipinski definition) is 14. The van der Waals surface area contributed by atoms with E-state index in [1.807, 2.05) is 119 Å². The number of benzene rings is 2. The summed E-state index contributed by atoms with van der Waals surface area (Å²) in [5.74, 6) is -8.37. The van der Waals surface area contributed by atoms with Crippen LogP contribution >= 0.6 is 7.37 Å². The fourth-order valence-corrected chi connectivity index (χ4v) is 14.2. The highest BCUT2D eigenvalue weighted by molar-refractivity contribution is 7.74. The molecule has 1 aliphatic carbocycles. The molecule has 0 spiro atoms. The Hall–Kier alpha value is -4.70. The van der Waals surface area contributed by atoms with Gasteiger partial charge in [-0.3, -0.25) is 23.7 Å². The molecule has 3 heterocycles. The number of ether oxygens (including phenoxy) is 5. The Morgan fingerprint density at radius 1 is 0.772 bits per heavy atom. The molecule has 2 aromatic rings. The number of amides is 1. The minimum Gasteiger partial charge on any atom is -0.460 e. The van der Waals surface area contributed by atoms with Crippen molar-refractivity contribution in [2.24, 2.45) is 35.5 Å². The first-order valence-corrected chi connectivity index (χ1v) is 30.2. The predicted molar refractivity (Wildman–Crippen MR) is 304 cm³/mol. The lowest BCUT2D eigenvalue weighted by Crippen LogP contribution is -2.61. The van der Waals surface area contributed by atoms with Crippen molar-refractivity contribution < 1.29 is 67.0 Å². The normalized spacial score (nSPS) is 34.4. The van der Waals surface area contributed by atoms with Crippen LogP contribution in [0.5, 0.6) is 0 Å². The SMILES string of the molecule is CO[C@H]1C[C@@H]2CC[C@@H](C)C(O)(O2)C(=O)C(=O)N2CCCC[C@H]2C(=O)O[C@H]([C@H](C)C[C@@H]2CC[C@@H](OP(=O)(c3ccccc3)c3ccccc3)[C@H](OC)C2)CC(=O)[C@H](C)/C=C(\C)[C@@H](O)[C@@H](OC)C(=O)[C@H](C)C[C@H](C)/C=C/C=CC=C1C. The molecule has 2 bridgehead atoms. The van der Waals surface area contributed by atoms with E-state index in [9.17, 15) is 38.8 Å². The second kappa shape index (κ2) is 29.3. The van der Waals surface area contributed by atoms with E-state index in [0.29, 0.717) is 80.4 Å². The van der Waals surface area contributed by atoms with Gasteiger partial charge in [0.25, 0.3) is 19.1 Å². The first-order chi connectivity index (χ1) is 37.6. The Bertz CT molecular complexity index is 2500. The summed E-state index contributed by atoms with van der Waals surface area (Å²) in [6.45, 7) is 12.7. The molecule has 2 saturated heterocycles. The van der Waals surface area contributed by atoms with E-state index < -0.39 is 103 Å². The van der Waals surface area contributed by atoms with Crippen molar-refractivity contribution in [3.8, 4) is 0 Å². The molecule has 79 heavy (non-hydrogen) atoms. The van der Waals surface area contributed by atoms with Crippen molar-refractivity contribution in [2.45, 2.75) is 180 Å². The molecule has 16 heteroatoms. The van der Waals surface area contributed by atoms with Crippen molar-refractivity contribution in [3.63, 3.8) is 0 Å². The van der Waals surface area contributed by atoms with Crippen molar-refractivity contribution in [2.75, 3.05) is 27.9 Å². The average Bonchev–Trinajstić information content (AvgIpc) is 3.46. The maximum absolute atomic E-state index is 15.0. The lowest BCUT2D eigenvalue weighted by atomic mass is 9.78. The molecule has 434 valence electrons. The molecule has 1 amide bonds. The number of aliphatic hydroxyl groups excluding tert-OH is 1. The highest BCUT2D eigenvalue weighted by atomic mass is 31.2. The minimum absolute atomic E-state index is 0.000329. The van der Waals surface area contributed by atoms with Gasteiger partial charge in [0.1, 0.15) is 30.1 Å². The standard InChI is InChI=1S/C63H88NO14P/c1-40-22-14-11-15-23-41(2)54(73-8)38-48-31-29-46(7)63(71,77-48)60(68)61(69)64-33-21-20-28-51(64)62(70)76-55(39-52(65)42(3)35-45(6)58(67)59(75-10)57(66)44(5)34-40)43(4)36-47-30-32-53(56(37-47)74-9)78-79(72,49-24-16-12-17-25-49)50-26-18-13-19-27-50/h11-19,22-27,35,40,42-44,46-48,51,53-56,58-59,67,71H,20-21,28-34,36-39H2,1-10H3/b15-11?,22-14+,41-23?,45-35+/t40-,42-,43-,44-,46-,47+,48+,51+,53-,54+,55+,56-,58-,59+,63?/m1/s1. The third kappa shape index (κ3) is 16.1. The number of hydrogen-bond donors (Lipinski definition) is 2. The van der Waals surface area contributed by atoms with Crippen LogP contribution in [0.4, 0.5) is 0 Å². The lowest BCUT2D eigenvalue weighted by molar-refractivity contribution is -0.265. The molecule has 3 aliphatic heterocycles. The van der Waals surface area contributed by atoms with Gasteiger partial charge in [0.05, 0.1) is 24.4 Å². The Kier molecular flexibility index (Phi) is 23.6. The molecule has 0 aromatic heterocycles. The van der Waals surface area contributed by atoms with Crippen molar-refractivity contribution >= 4 is 47.2 Å². The largest absolute Gasteiger partial charge is 0.460 e. The lowest BCUT2D eigenvalue weighted by Gasteiger charge is -2.42. The number of nitrogens with zero attached hydrogens (tertiary/aromatic N) is 1. The number of piperidine rings is 1. The van der Waals surface area contributed by atoms with Gasteiger partial charge < -0.3 is 43.3 Å². The molecule has 15 nitrogen and oxygen atoms in total. The Morgan fingerprint density at radius 3 is 2.08 bits per heavy atom. The number of esters is 1. The first kappa shape index (κ1) is 63.5. The van der Waals surface area contributed by atoms with Crippen LogP contribution in [0.1, 0.15) is 126 Å². The summed E-state index contributed by atoms with van der Waals surface area (Å²) >= 11 is 0. The average molecular weight is 1110 g/mol. The summed E-state index contributed by atoms with van der Waals surface area (Å²) in [7, 11) is 1.02. The number of aliphatic hydroxyl groups is 2. The Labute approximate surface area is 469 Å². The molecule has 3 fully saturated rings. The smallest absolute Gasteiger partial charge is 0.329 e. The van der Waals surface area contributed by atoms with E-state index in [4.69, 9.17) is 28.2 Å². The van der Waals surface area contributed by atoms with Gasteiger partial charge in [-0.25, -0.2) is 4.79 Å². The fraction of sp³-hybridized carbons (Fsp3) is 0.603. The van der Waals surface area contributed by atoms with Gasteiger partial charge in [0.15, 0.2) is 5.78 Å². The molecule has 4 aliphatic rings. The van der Waals surface area contributed by atoms with Crippen LogP contribution < -0.4 is 10.6 Å². The van der Waals surface area contributed by atoms with Gasteiger partial charge in [-0.1, -0.05) is 107 Å². The van der Waals surface area contributed by atoms with E-state index in [-0.39, 0.29) is 42.8 Å². The van der Waals surface area contributed by atoms with Crippen LogP contribution in [0, 0.1) is 35.5 Å². The quantitative estimate of drug-likeness (QED) is 0.0987. The number of carbonyl (C=O) groups excluding carboxylic acids is 5. The van der Waals surface area contributed by atoms with Crippen LogP contribution in [0.25, 0.3) is 0 Å². The zero-order valence-electron chi connectivity index (χ0n) is 48.2. The summed E-state index contributed by atoms with van der Waals surface area (Å²) in [5, 5.41) is 24.8. The second-order valence-corrected chi connectivity index (χ2v) is 25.2. The zero-order chi connectivity index (χ0) is 57.6. The third-order valence-corrected chi connectivity index (χ3v) is 19.5. The maximum atomic E-state index is 15.0. The van der Waals surface area contributed by atoms with E-state index in [1.165, 1.54) is 12.0 Å². The van der Waals surface area contributed by atoms with Gasteiger partial charge >= 0.3 is 5.97 Å². The van der Waals surface area contributed by atoms with Gasteiger partial charge in [-0.05, 0) is 131 Å². The van der Waals surface area contributed by atoms with Crippen molar-refractivity contribution in [3.05, 3.63) is 108 Å². The summed E-state index contributed by atoms with van der Waals surface area (Å²) in [6.07, 6.45) is 10.6. The van der Waals surface area contributed by atoms with Crippen molar-refractivity contribution in [1.29, 1.82) is 0 Å². The second-order valence-electron chi connectivity index (χ2n) is 22.9. The molecule has 1 unspecified atom stereocenters. The molecular weight excluding hydrogens is 1030 g/mol. The zero-order valence-corrected chi connectivity index (χ0v) is 49.1. The number of fused-ring (bicyclic) bond motifs is 3. The molecular formula is C63H88NO14P. The molecule has 2 aromatic carbocycles. The third-order valence-electron chi connectivity index (χ3n) is 16.9. The number of cyclic esters (lactones) is 1. The van der Waals surface area contributed by atoms with Gasteiger partial charge in [0, 0.05) is 69.1 Å². The summed E-state index contributed by atoms with van der Waals surface area (Å²) in [6, 6.07) is 17.2. The number of methoxy groups -OCH3 is 3.